The van der Waals surface area contributed by atoms with Crippen LogP contribution in [0.1, 0.15) is 38.5 Å². The number of hydrogen-bond acceptors (Lipinski definition) is 5. The van der Waals surface area contributed by atoms with Gasteiger partial charge >= 0.3 is 0 Å². The Morgan fingerprint density at radius 1 is 1.14 bits per heavy atom. The highest BCUT2D eigenvalue weighted by Gasteiger charge is 2.35. The predicted molar refractivity (Wildman–Crippen MR) is 93.4 cm³/mol. The van der Waals surface area contributed by atoms with Gasteiger partial charge in [0.05, 0.1) is 0 Å². The fourth-order valence-corrected chi connectivity index (χ4v) is 6.23. The zero-order valence-electron chi connectivity index (χ0n) is 12.7. The van der Waals surface area contributed by atoms with Crippen LogP contribution in [0.25, 0.3) is 0 Å². The molecule has 3 heterocycles. The maximum atomic E-state index is 4.70. The maximum absolute atomic E-state index is 4.70. The molecule has 0 bridgehead atoms. The first-order valence-electron chi connectivity index (χ1n) is 8.46. The summed E-state index contributed by atoms with van der Waals surface area (Å²) in [5, 5.41) is 3.58. The van der Waals surface area contributed by atoms with Crippen molar-refractivity contribution >= 4 is 28.9 Å². The molecule has 2 fully saturated rings. The summed E-state index contributed by atoms with van der Waals surface area (Å²) in [5.41, 5.74) is 1.49. The maximum Gasteiger partial charge on any atom is 0.167 e. The number of rotatable bonds is 3. The van der Waals surface area contributed by atoms with E-state index in [1.807, 2.05) is 11.8 Å². The van der Waals surface area contributed by atoms with E-state index in [0.717, 1.165) is 24.1 Å². The third-order valence-corrected chi connectivity index (χ3v) is 7.29. The van der Waals surface area contributed by atoms with Crippen LogP contribution in [0, 0.1) is 11.8 Å². The molecule has 0 unspecified atom stereocenters. The lowest BCUT2D eigenvalue weighted by atomic mass is 9.82. The van der Waals surface area contributed by atoms with Gasteiger partial charge in [0.1, 0.15) is 0 Å². The summed E-state index contributed by atoms with van der Waals surface area (Å²) in [6, 6.07) is 0. The van der Waals surface area contributed by atoms with Crippen LogP contribution in [0.4, 0.5) is 0 Å². The van der Waals surface area contributed by atoms with Gasteiger partial charge in [-0.1, -0.05) is 36.6 Å². The minimum Gasteiger partial charge on any atom is -0.323 e. The van der Waals surface area contributed by atoms with Crippen LogP contribution in [0.2, 0.25) is 0 Å². The molecule has 1 aliphatic carbocycles. The standard InChI is InChI=1S/C16H25N3S2/c1-2-6-14-10-18(9-13(14)5-1)21-12-15-11-20-16-17-7-3-4-8-19(15)16/h11,13-14H,1-10,12H2/t13-,14+. The van der Waals surface area contributed by atoms with E-state index < -0.39 is 0 Å². The van der Waals surface area contributed by atoms with Gasteiger partial charge in [-0.3, -0.25) is 4.99 Å². The van der Waals surface area contributed by atoms with Gasteiger partial charge in [0.25, 0.3) is 0 Å². The fraction of sp³-hybridized carbons (Fsp3) is 0.812. The molecular weight excluding hydrogens is 298 g/mol. The Bertz CT molecular complexity index is 435. The summed E-state index contributed by atoms with van der Waals surface area (Å²) in [4.78, 5) is 7.17. The molecule has 0 aromatic carbocycles. The summed E-state index contributed by atoms with van der Waals surface area (Å²) < 4.78 is 2.65. The third kappa shape index (κ3) is 3.15. The summed E-state index contributed by atoms with van der Waals surface area (Å²) in [5.74, 6) is 3.12. The molecule has 0 spiro atoms. The Morgan fingerprint density at radius 3 is 2.76 bits per heavy atom. The van der Waals surface area contributed by atoms with Gasteiger partial charge in [-0.15, -0.1) is 0 Å². The summed E-state index contributed by atoms with van der Waals surface area (Å²) in [6.45, 7) is 4.85. The zero-order valence-corrected chi connectivity index (χ0v) is 14.3. The first-order valence-corrected chi connectivity index (χ1v) is 10.3. The van der Waals surface area contributed by atoms with Crippen LogP contribution >= 0.6 is 23.7 Å². The Labute approximate surface area is 136 Å². The average Bonchev–Trinajstić information content (AvgIpc) is 3.01. The topological polar surface area (TPSA) is 18.8 Å². The van der Waals surface area contributed by atoms with Gasteiger partial charge in [0.15, 0.2) is 5.17 Å². The molecule has 21 heavy (non-hydrogen) atoms. The van der Waals surface area contributed by atoms with Gasteiger partial charge in [-0.05, 0) is 42.9 Å². The molecule has 3 aliphatic heterocycles. The van der Waals surface area contributed by atoms with Crippen molar-refractivity contribution in [3.05, 3.63) is 11.1 Å². The van der Waals surface area contributed by atoms with Crippen LogP contribution < -0.4 is 0 Å². The smallest absolute Gasteiger partial charge is 0.167 e. The van der Waals surface area contributed by atoms with E-state index in [0.29, 0.717) is 0 Å². The largest absolute Gasteiger partial charge is 0.323 e. The highest BCUT2D eigenvalue weighted by Crippen LogP contribution is 2.39. The number of nitrogens with zero attached hydrogens (tertiary/aromatic N) is 3. The Hall–Kier alpha value is -0.130. The lowest BCUT2D eigenvalue weighted by Gasteiger charge is -2.22. The highest BCUT2D eigenvalue weighted by molar-refractivity contribution is 8.16. The Kier molecular flexibility index (Phi) is 4.51. The average molecular weight is 324 g/mol. The SMILES string of the molecule is C1=C(CSN2C[C@H]3CCCC[C@H]3C2)N2CCCCN=C2S1. The van der Waals surface area contributed by atoms with Crippen LogP contribution in [-0.2, 0) is 0 Å². The molecule has 2 atom stereocenters. The molecule has 4 rings (SSSR count). The first-order chi connectivity index (χ1) is 10.4. The van der Waals surface area contributed by atoms with Crippen molar-refractivity contribution in [3.63, 3.8) is 0 Å². The molecule has 4 aliphatic rings. The van der Waals surface area contributed by atoms with E-state index in [-0.39, 0.29) is 0 Å². The molecule has 3 nitrogen and oxygen atoms in total. The highest BCUT2D eigenvalue weighted by atomic mass is 32.2. The van der Waals surface area contributed by atoms with E-state index in [1.165, 1.54) is 69.0 Å². The Balaban J connectivity index is 1.31. The minimum atomic E-state index is 0.994. The summed E-state index contributed by atoms with van der Waals surface area (Å²) in [6.07, 6.45) is 8.41. The minimum absolute atomic E-state index is 0.994. The molecule has 116 valence electrons. The quantitative estimate of drug-likeness (QED) is 0.735. The van der Waals surface area contributed by atoms with Gasteiger partial charge < -0.3 is 4.90 Å². The number of aliphatic imine (C=N–C) groups is 1. The predicted octanol–water partition coefficient (Wildman–Crippen LogP) is 3.80. The number of amidine groups is 1. The van der Waals surface area contributed by atoms with Crippen molar-refractivity contribution in [2.45, 2.75) is 38.5 Å². The van der Waals surface area contributed by atoms with Crippen molar-refractivity contribution in [2.24, 2.45) is 16.8 Å². The second-order valence-electron chi connectivity index (χ2n) is 6.68. The summed E-state index contributed by atoms with van der Waals surface area (Å²) >= 11 is 3.90. The zero-order chi connectivity index (χ0) is 14.1. The number of thioether (sulfide) groups is 1. The first kappa shape index (κ1) is 14.5. The Morgan fingerprint density at radius 2 is 1.95 bits per heavy atom. The van der Waals surface area contributed by atoms with Crippen molar-refractivity contribution in [3.8, 4) is 0 Å². The van der Waals surface area contributed by atoms with E-state index in [2.05, 4.69) is 26.6 Å². The van der Waals surface area contributed by atoms with Crippen LogP contribution in [0.3, 0.4) is 0 Å². The second kappa shape index (κ2) is 6.55. The van der Waals surface area contributed by atoms with E-state index in [9.17, 15) is 0 Å². The normalized spacial score (nSPS) is 33.2. The molecular formula is C16H25N3S2. The molecule has 0 aromatic rings. The lowest BCUT2D eigenvalue weighted by molar-refractivity contribution is 0.299. The van der Waals surface area contributed by atoms with Crippen molar-refractivity contribution < 1.29 is 0 Å². The molecule has 5 heteroatoms. The molecule has 0 amide bonds. The fourth-order valence-electron chi connectivity index (χ4n) is 4.03. The van der Waals surface area contributed by atoms with Gasteiger partial charge in [0, 0.05) is 37.6 Å². The van der Waals surface area contributed by atoms with E-state index in [1.54, 1.807) is 0 Å². The van der Waals surface area contributed by atoms with Gasteiger partial charge in [0.2, 0.25) is 0 Å². The molecule has 0 N–H and O–H groups in total. The molecule has 0 aromatic heterocycles. The van der Waals surface area contributed by atoms with Crippen LogP contribution in [-0.4, -0.2) is 46.3 Å². The molecule has 0 radical (unpaired) electrons. The lowest BCUT2D eigenvalue weighted by Crippen LogP contribution is -2.26. The third-order valence-electron chi connectivity index (χ3n) is 5.25. The molecule has 1 saturated carbocycles. The summed E-state index contributed by atoms with van der Waals surface area (Å²) in [7, 11) is 0. The van der Waals surface area contributed by atoms with Crippen LogP contribution in [0.5, 0.6) is 0 Å². The van der Waals surface area contributed by atoms with Gasteiger partial charge in [-0.25, -0.2) is 4.31 Å². The number of hydrogen-bond donors (Lipinski definition) is 0. The molecule has 1 saturated heterocycles. The second-order valence-corrected chi connectivity index (χ2v) is 8.57. The van der Waals surface area contributed by atoms with Crippen LogP contribution in [0.15, 0.2) is 16.1 Å². The number of fused-ring (bicyclic) bond motifs is 2. The van der Waals surface area contributed by atoms with Crippen molar-refractivity contribution in [1.29, 1.82) is 0 Å². The van der Waals surface area contributed by atoms with E-state index in [4.69, 9.17) is 4.99 Å². The van der Waals surface area contributed by atoms with Crippen molar-refractivity contribution in [2.75, 3.05) is 31.9 Å². The monoisotopic (exact) mass is 323 g/mol. The van der Waals surface area contributed by atoms with Crippen molar-refractivity contribution in [1.82, 2.24) is 9.21 Å². The van der Waals surface area contributed by atoms with E-state index >= 15 is 0 Å². The van der Waals surface area contributed by atoms with Gasteiger partial charge in [-0.2, -0.15) is 0 Å².